The molecular formula is C16H25N3O2S. The molecule has 1 atom stereocenters. The zero-order chi connectivity index (χ0) is 15.5. The summed E-state index contributed by atoms with van der Waals surface area (Å²) >= 11 is 1.58. The van der Waals surface area contributed by atoms with Crippen LogP contribution in [-0.2, 0) is 4.74 Å². The molecule has 0 aromatic carbocycles. The second kappa shape index (κ2) is 7.06. The van der Waals surface area contributed by atoms with Crippen LogP contribution in [0.2, 0.25) is 0 Å². The van der Waals surface area contributed by atoms with Gasteiger partial charge in [0.1, 0.15) is 5.69 Å². The first kappa shape index (κ1) is 15.9. The van der Waals surface area contributed by atoms with E-state index in [0.29, 0.717) is 11.8 Å². The van der Waals surface area contributed by atoms with Crippen molar-refractivity contribution in [3.8, 4) is 0 Å². The van der Waals surface area contributed by atoms with Crippen molar-refractivity contribution < 1.29 is 9.53 Å². The van der Waals surface area contributed by atoms with Crippen molar-refractivity contribution in [2.75, 3.05) is 26.2 Å². The zero-order valence-electron chi connectivity index (χ0n) is 13.4. The fourth-order valence-electron chi connectivity index (χ4n) is 3.33. The van der Waals surface area contributed by atoms with E-state index in [1.807, 2.05) is 13.8 Å². The van der Waals surface area contributed by atoms with Gasteiger partial charge in [-0.1, -0.05) is 0 Å². The minimum absolute atomic E-state index is 0.0144. The van der Waals surface area contributed by atoms with Gasteiger partial charge in [0, 0.05) is 37.2 Å². The van der Waals surface area contributed by atoms with Gasteiger partial charge >= 0.3 is 0 Å². The zero-order valence-corrected chi connectivity index (χ0v) is 14.2. The Labute approximate surface area is 136 Å². The van der Waals surface area contributed by atoms with Crippen LogP contribution < -0.4 is 5.32 Å². The molecule has 1 aromatic rings. The summed E-state index contributed by atoms with van der Waals surface area (Å²) in [6.45, 7) is 7.95. The molecule has 1 N–H and O–H groups in total. The summed E-state index contributed by atoms with van der Waals surface area (Å²) in [6, 6.07) is 0.273. The average Bonchev–Trinajstić information content (AvgIpc) is 3.10. The van der Waals surface area contributed by atoms with Gasteiger partial charge in [-0.15, -0.1) is 11.3 Å². The molecule has 2 fully saturated rings. The fraction of sp³-hybridized carbons (Fsp3) is 0.750. The predicted molar refractivity (Wildman–Crippen MR) is 87.5 cm³/mol. The first-order valence-corrected chi connectivity index (χ1v) is 9.02. The molecule has 0 aliphatic carbocycles. The first-order valence-electron chi connectivity index (χ1n) is 8.20. The van der Waals surface area contributed by atoms with Gasteiger partial charge in [0.15, 0.2) is 0 Å². The molecule has 2 saturated heterocycles. The number of nitrogens with zero attached hydrogens (tertiary/aromatic N) is 2. The number of aromatic nitrogens is 1. The Kier molecular flexibility index (Phi) is 5.10. The monoisotopic (exact) mass is 323 g/mol. The Morgan fingerprint density at radius 3 is 2.73 bits per heavy atom. The van der Waals surface area contributed by atoms with Crippen molar-refractivity contribution in [1.29, 1.82) is 0 Å². The Morgan fingerprint density at radius 2 is 2.14 bits per heavy atom. The summed E-state index contributed by atoms with van der Waals surface area (Å²) in [5.74, 6) is -0.0144. The molecule has 2 aliphatic rings. The number of hydrogen-bond donors (Lipinski definition) is 1. The van der Waals surface area contributed by atoms with E-state index < -0.39 is 0 Å². The van der Waals surface area contributed by atoms with Crippen molar-refractivity contribution in [3.63, 3.8) is 0 Å². The van der Waals surface area contributed by atoms with Crippen molar-refractivity contribution in [2.24, 2.45) is 0 Å². The van der Waals surface area contributed by atoms with Crippen molar-refractivity contribution in [1.82, 2.24) is 15.2 Å². The molecule has 0 saturated carbocycles. The van der Waals surface area contributed by atoms with E-state index in [0.717, 1.165) is 49.0 Å². The average molecular weight is 323 g/mol. The van der Waals surface area contributed by atoms with Gasteiger partial charge < -0.3 is 15.0 Å². The number of piperidine rings is 1. The van der Waals surface area contributed by atoms with E-state index in [1.165, 1.54) is 12.8 Å². The third kappa shape index (κ3) is 3.86. The summed E-state index contributed by atoms with van der Waals surface area (Å²) in [5.41, 5.74) is 0.601. The van der Waals surface area contributed by atoms with E-state index >= 15 is 0 Å². The molecule has 3 rings (SSSR count). The molecule has 0 unspecified atom stereocenters. The van der Waals surface area contributed by atoms with E-state index in [2.05, 4.69) is 15.2 Å². The molecular weight excluding hydrogens is 298 g/mol. The predicted octanol–water partition coefficient (Wildman–Crippen LogP) is 2.13. The summed E-state index contributed by atoms with van der Waals surface area (Å²) in [7, 11) is 0. The highest BCUT2D eigenvalue weighted by atomic mass is 32.1. The normalized spacial score (nSPS) is 23.8. The number of thiazole rings is 1. The highest BCUT2D eigenvalue weighted by Crippen LogP contribution is 2.19. The molecule has 3 heterocycles. The Balaban J connectivity index is 1.45. The smallest absolute Gasteiger partial charge is 0.271 e. The molecule has 0 bridgehead atoms. The largest absolute Gasteiger partial charge is 0.377 e. The van der Waals surface area contributed by atoms with Crippen molar-refractivity contribution >= 4 is 17.2 Å². The fourth-order valence-corrected chi connectivity index (χ4v) is 4.14. The van der Waals surface area contributed by atoms with Crippen LogP contribution in [0.15, 0.2) is 0 Å². The van der Waals surface area contributed by atoms with E-state index in [4.69, 9.17) is 4.74 Å². The van der Waals surface area contributed by atoms with Crippen LogP contribution in [0.25, 0.3) is 0 Å². The van der Waals surface area contributed by atoms with Crippen LogP contribution in [-0.4, -0.2) is 54.2 Å². The lowest BCUT2D eigenvalue weighted by Gasteiger charge is -2.33. The lowest BCUT2D eigenvalue weighted by molar-refractivity contribution is 0.0612. The van der Waals surface area contributed by atoms with E-state index in [1.54, 1.807) is 11.3 Å². The maximum atomic E-state index is 12.3. The van der Waals surface area contributed by atoms with Crippen LogP contribution in [0, 0.1) is 13.8 Å². The van der Waals surface area contributed by atoms with Gasteiger partial charge in [0.25, 0.3) is 5.91 Å². The highest BCUT2D eigenvalue weighted by molar-refractivity contribution is 7.11. The number of ether oxygens (including phenoxy) is 1. The van der Waals surface area contributed by atoms with Crippen LogP contribution >= 0.6 is 11.3 Å². The van der Waals surface area contributed by atoms with Gasteiger partial charge in [-0.3, -0.25) is 4.79 Å². The summed E-state index contributed by atoms with van der Waals surface area (Å²) in [4.78, 5) is 20.1. The molecule has 5 nitrogen and oxygen atoms in total. The number of nitrogens with one attached hydrogen (secondary N) is 1. The lowest BCUT2D eigenvalue weighted by Crippen LogP contribution is -2.46. The number of rotatable bonds is 4. The van der Waals surface area contributed by atoms with Gasteiger partial charge in [-0.25, -0.2) is 4.98 Å². The number of aryl methyl sites for hydroxylation is 2. The molecule has 1 aromatic heterocycles. The molecule has 0 spiro atoms. The number of amides is 1. The minimum atomic E-state index is -0.0144. The van der Waals surface area contributed by atoms with Gasteiger partial charge in [0.2, 0.25) is 0 Å². The quantitative estimate of drug-likeness (QED) is 0.922. The maximum absolute atomic E-state index is 12.3. The number of likely N-dealkylation sites (tertiary alicyclic amines) is 1. The minimum Gasteiger partial charge on any atom is -0.377 e. The number of hydrogen-bond acceptors (Lipinski definition) is 5. The molecule has 2 aliphatic heterocycles. The van der Waals surface area contributed by atoms with Gasteiger partial charge in [-0.2, -0.15) is 0 Å². The first-order chi connectivity index (χ1) is 10.6. The third-order valence-corrected chi connectivity index (χ3v) is 5.41. The topological polar surface area (TPSA) is 54.5 Å². The summed E-state index contributed by atoms with van der Waals surface area (Å²) in [5, 5.41) is 4.10. The Bertz CT molecular complexity index is 517. The van der Waals surface area contributed by atoms with Crippen molar-refractivity contribution in [3.05, 3.63) is 15.6 Å². The second-order valence-corrected chi connectivity index (χ2v) is 7.73. The summed E-state index contributed by atoms with van der Waals surface area (Å²) < 4.78 is 5.70. The molecule has 1 amide bonds. The molecule has 0 radical (unpaired) electrons. The third-order valence-electron chi connectivity index (χ3n) is 4.53. The Morgan fingerprint density at radius 1 is 1.36 bits per heavy atom. The number of carbonyl (C=O) groups excluding carboxylic acids is 1. The van der Waals surface area contributed by atoms with Gasteiger partial charge in [-0.05, 0) is 39.5 Å². The number of carbonyl (C=O) groups is 1. The molecule has 122 valence electrons. The molecule has 22 heavy (non-hydrogen) atoms. The van der Waals surface area contributed by atoms with Crippen LogP contribution in [0.4, 0.5) is 0 Å². The second-order valence-electron chi connectivity index (χ2n) is 6.32. The van der Waals surface area contributed by atoms with E-state index in [-0.39, 0.29) is 11.9 Å². The van der Waals surface area contributed by atoms with Crippen molar-refractivity contribution in [2.45, 2.75) is 51.7 Å². The lowest BCUT2D eigenvalue weighted by atomic mass is 10.0. The standard InChI is InChI=1S/C16H25N3O2S/c1-11-15(17-12(2)22-11)16(20)18-13-5-7-19(8-6-13)10-14-4-3-9-21-14/h13-14H,3-10H2,1-2H3,(H,18,20)/t14-/m1/s1. The Hall–Kier alpha value is -0.980. The SMILES string of the molecule is Cc1nc(C(=O)NC2CCN(C[C@H]3CCCO3)CC2)c(C)s1. The highest BCUT2D eigenvalue weighted by Gasteiger charge is 2.25. The van der Waals surface area contributed by atoms with E-state index in [9.17, 15) is 4.79 Å². The van der Waals surface area contributed by atoms with Crippen LogP contribution in [0.5, 0.6) is 0 Å². The maximum Gasteiger partial charge on any atom is 0.271 e. The summed E-state index contributed by atoms with van der Waals surface area (Å²) in [6.07, 6.45) is 4.84. The van der Waals surface area contributed by atoms with Crippen LogP contribution in [0.3, 0.4) is 0 Å². The van der Waals surface area contributed by atoms with Crippen LogP contribution in [0.1, 0.15) is 46.1 Å². The molecule has 6 heteroatoms. The van der Waals surface area contributed by atoms with Gasteiger partial charge in [0.05, 0.1) is 11.1 Å².